The molecule has 0 aliphatic rings. The molecule has 5 heteroatoms. The monoisotopic (exact) mass is 216 g/mol. The molecule has 0 aromatic heterocycles. The van der Waals surface area contributed by atoms with E-state index in [1.165, 1.54) is 6.08 Å². The Kier molecular flexibility index (Phi) is 6.94. The Morgan fingerprint density at radius 2 is 1.93 bits per heavy atom. The van der Waals surface area contributed by atoms with Gasteiger partial charge in [-0.25, -0.2) is 0 Å². The largest absolute Gasteiger partial charge is 0.459 e. The van der Waals surface area contributed by atoms with Gasteiger partial charge in [-0.05, 0) is 13.8 Å². The lowest BCUT2D eigenvalue weighted by Crippen LogP contribution is -2.34. The Morgan fingerprint density at radius 1 is 1.33 bits per heavy atom. The van der Waals surface area contributed by atoms with Crippen LogP contribution in [0, 0.1) is 0 Å². The smallest absolute Gasteiger partial charge is 0.327 e. The maximum Gasteiger partial charge on any atom is 0.327 e. The molecule has 0 aliphatic carbocycles. The zero-order chi connectivity index (χ0) is 11.8. The lowest BCUT2D eigenvalue weighted by molar-refractivity contribution is -0.150. The van der Waals surface area contributed by atoms with Crippen LogP contribution in [0.15, 0.2) is 12.2 Å². The maximum absolute atomic E-state index is 11.3. The molecule has 0 spiro atoms. The second-order valence-electron chi connectivity index (χ2n) is 3.47. The van der Waals surface area contributed by atoms with Crippen molar-refractivity contribution in [1.82, 2.24) is 0 Å². The van der Waals surface area contributed by atoms with Crippen LogP contribution in [0.1, 0.15) is 13.8 Å². The van der Waals surface area contributed by atoms with Crippen LogP contribution >= 0.6 is 0 Å². The molecule has 0 rings (SSSR count). The third kappa shape index (κ3) is 7.07. The highest BCUT2D eigenvalue weighted by Gasteiger charge is 2.15. The summed E-state index contributed by atoms with van der Waals surface area (Å²) in [4.78, 5) is 11.3. The van der Waals surface area contributed by atoms with E-state index >= 15 is 0 Å². The summed E-state index contributed by atoms with van der Waals surface area (Å²) >= 11 is 0. The van der Waals surface area contributed by atoms with Gasteiger partial charge in [-0.15, -0.1) is 0 Å². The standard InChI is InChI=1S/C10H20N2O3/c1-7(11)4-5-9(12)10(13)15-8(2)6-14-3/h4-5,7-9H,6,11-12H2,1-3H3/b5-4-. The molecule has 15 heavy (non-hydrogen) atoms. The number of methoxy groups -OCH3 is 1. The fourth-order valence-electron chi connectivity index (χ4n) is 0.919. The number of ether oxygens (including phenoxy) is 2. The third-order valence-electron chi connectivity index (χ3n) is 1.61. The van der Waals surface area contributed by atoms with Crippen molar-refractivity contribution in [3.63, 3.8) is 0 Å². The first-order chi connectivity index (χ1) is 6.97. The van der Waals surface area contributed by atoms with Crippen LogP contribution in [0.2, 0.25) is 0 Å². The summed E-state index contributed by atoms with van der Waals surface area (Å²) < 4.78 is 9.83. The number of carbonyl (C=O) groups is 1. The Morgan fingerprint density at radius 3 is 2.40 bits per heavy atom. The van der Waals surface area contributed by atoms with Gasteiger partial charge in [0.15, 0.2) is 0 Å². The minimum atomic E-state index is -0.768. The fraction of sp³-hybridized carbons (Fsp3) is 0.700. The van der Waals surface area contributed by atoms with E-state index in [2.05, 4.69) is 0 Å². The molecule has 0 fully saturated rings. The van der Waals surface area contributed by atoms with Crippen LogP contribution in [-0.4, -0.2) is 37.9 Å². The second kappa shape index (κ2) is 7.39. The number of rotatable bonds is 6. The summed E-state index contributed by atoms with van der Waals surface area (Å²) in [5.41, 5.74) is 11.0. The quantitative estimate of drug-likeness (QED) is 0.474. The van der Waals surface area contributed by atoms with Gasteiger partial charge in [-0.3, -0.25) is 4.79 Å². The van der Waals surface area contributed by atoms with E-state index < -0.39 is 12.0 Å². The molecule has 0 aromatic rings. The maximum atomic E-state index is 11.3. The molecule has 0 saturated heterocycles. The van der Waals surface area contributed by atoms with Gasteiger partial charge >= 0.3 is 5.97 Å². The van der Waals surface area contributed by atoms with Crippen LogP contribution in [0.3, 0.4) is 0 Å². The molecular formula is C10H20N2O3. The molecule has 0 heterocycles. The van der Waals surface area contributed by atoms with Gasteiger partial charge in [0.1, 0.15) is 12.1 Å². The summed E-state index contributed by atoms with van der Waals surface area (Å²) in [5, 5.41) is 0. The van der Waals surface area contributed by atoms with E-state index in [-0.39, 0.29) is 12.1 Å². The van der Waals surface area contributed by atoms with Crippen LogP contribution in [-0.2, 0) is 14.3 Å². The molecule has 0 saturated carbocycles. The van der Waals surface area contributed by atoms with Gasteiger partial charge in [0.05, 0.1) is 6.61 Å². The van der Waals surface area contributed by atoms with Crippen molar-refractivity contribution in [2.24, 2.45) is 11.5 Å². The van der Waals surface area contributed by atoms with Crippen LogP contribution in [0.5, 0.6) is 0 Å². The predicted molar refractivity (Wildman–Crippen MR) is 58.2 cm³/mol. The highest BCUT2D eigenvalue weighted by Crippen LogP contribution is 1.96. The molecule has 0 amide bonds. The molecule has 3 unspecified atom stereocenters. The average Bonchev–Trinajstić information content (AvgIpc) is 2.14. The lowest BCUT2D eigenvalue weighted by Gasteiger charge is -2.14. The minimum absolute atomic E-state index is 0.125. The zero-order valence-corrected chi connectivity index (χ0v) is 9.47. The average molecular weight is 216 g/mol. The molecule has 5 nitrogen and oxygen atoms in total. The number of esters is 1. The Hall–Kier alpha value is -0.910. The molecule has 0 bridgehead atoms. The van der Waals surface area contributed by atoms with Crippen LogP contribution in [0.4, 0.5) is 0 Å². The van der Waals surface area contributed by atoms with Gasteiger partial charge in [-0.1, -0.05) is 12.2 Å². The number of hydrogen-bond acceptors (Lipinski definition) is 5. The molecule has 0 aromatic carbocycles. The topological polar surface area (TPSA) is 87.6 Å². The number of carbonyl (C=O) groups excluding carboxylic acids is 1. The van der Waals surface area contributed by atoms with Gasteiger partial charge in [-0.2, -0.15) is 0 Å². The molecular weight excluding hydrogens is 196 g/mol. The van der Waals surface area contributed by atoms with Crippen molar-refractivity contribution in [1.29, 1.82) is 0 Å². The van der Waals surface area contributed by atoms with Gasteiger partial charge in [0, 0.05) is 13.2 Å². The van der Waals surface area contributed by atoms with E-state index in [1.54, 1.807) is 27.0 Å². The Labute approximate surface area is 90.4 Å². The van der Waals surface area contributed by atoms with E-state index in [4.69, 9.17) is 20.9 Å². The summed E-state index contributed by atoms with van der Waals surface area (Å²) in [5.74, 6) is -0.476. The van der Waals surface area contributed by atoms with E-state index in [0.717, 1.165) is 0 Å². The Balaban J connectivity index is 3.98. The third-order valence-corrected chi connectivity index (χ3v) is 1.61. The van der Waals surface area contributed by atoms with Crippen molar-refractivity contribution >= 4 is 5.97 Å². The molecule has 4 N–H and O–H groups in total. The normalized spacial score (nSPS) is 17.4. The van der Waals surface area contributed by atoms with Gasteiger partial charge < -0.3 is 20.9 Å². The fourth-order valence-corrected chi connectivity index (χ4v) is 0.919. The van der Waals surface area contributed by atoms with Crippen molar-refractivity contribution in [3.05, 3.63) is 12.2 Å². The molecule has 88 valence electrons. The number of nitrogens with two attached hydrogens (primary N) is 2. The molecule has 0 radical (unpaired) electrons. The Bertz CT molecular complexity index is 217. The highest BCUT2D eigenvalue weighted by atomic mass is 16.6. The first kappa shape index (κ1) is 14.1. The van der Waals surface area contributed by atoms with Crippen LogP contribution < -0.4 is 11.5 Å². The van der Waals surface area contributed by atoms with Crippen LogP contribution in [0.25, 0.3) is 0 Å². The van der Waals surface area contributed by atoms with E-state index in [0.29, 0.717) is 6.61 Å². The van der Waals surface area contributed by atoms with Crippen molar-refractivity contribution in [2.75, 3.05) is 13.7 Å². The molecule has 3 atom stereocenters. The summed E-state index contributed by atoms with van der Waals surface area (Å²) in [7, 11) is 1.54. The summed E-state index contributed by atoms with van der Waals surface area (Å²) in [6.45, 7) is 3.89. The van der Waals surface area contributed by atoms with Crippen molar-refractivity contribution < 1.29 is 14.3 Å². The summed E-state index contributed by atoms with van der Waals surface area (Å²) in [6.07, 6.45) is 2.90. The first-order valence-corrected chi connectivity index (χ1v) is 4.86. The van der Waals surface area contributed by atoms with Gasteiger partial charge in [0.2, 0.25) is 0 Å². The predicted octanol–water partition coefficient (Wildman–Crippen LogP) is -0.205. The minimum Gasteiger partial charge on any atom is -0.459 e. The van der Waals surface area contributed by atoms with Crippen molar-refractivity contribution in [2.45, 2.75) is 32.0 Å². The van der Waals surface area contributed by atoms with E-state index in [9.17, 15) is 4.79 Å². The number of hydrogen-bond donors (Lipinski definition) is 2. The zero-order valence-electron chi connectivity index (χ0n) is 9.47. The highest BCUT2D eigenvalue weighted by molar-refractivity contribution is 5.77. The van der Waals surface area contributed by atoms with Crippen molar-refractivity contribution in [3.8, 4) is 0 Å². The second-order valence-corrected chi connectivity index (χ2v) is 3.47. The van der Waals surface area contributed by atoms with E-state index in [1.807, 2.05) is 0 Å². The molecule has 0 aliphatic heterocycles. The first-order valence-electron chi connectivity index (χ1n) is 4.86. The SMILES string of the molecule is COCC(C)OC(=O)C(N)/C=C\C(C)N. The van der Waals surface area contributed by atoms with Gasteiger partial charge in [0.25, 0.3) is 0 Å². The summed E-state index contributed by atoms with van der Waals surface area (Å²) in [6, 6.07) is -0.893. The lowest BCUT2D eigenvalue weighted by atomic mass is 10.2.